The Morgan fingerprint density at radius 3 is 2.79 bits per heavy atom. The zero-order valence-corrected chi connectivity index (χ0v) is 11.8. The molecular weight excluding hydrogens is 240 g/mol. The lowest BCUT2D eigenvalue weighted by molar-refractivity contribution is -0.125. The summed E-state index contributed by atoms with van der Waals surface area (Å²) in [5.41, 5.74) is 3.56. The minimum absolute atomic E-state index is 0.0126. The van der Waals surface area contributed by atoms with Crippen LogP contribution in [0.5, 0.6) is 0 Å². The van der Waals surface area contributed by atoms with Gasteiger partial charge in [0.2, 0.25) is 5.91 Å². The second-order valence-electron chi connectivity index (χ2n) is 5.50. The van der Waals surface area contributed by atoms with Crippen molar-refractivity contribution >= 4 is 5.91 Å². The molecule has 4 heteroatoms. The van der Waals surface area contributed by atoms with E-state index in [1.807, 2.05) is 11.8 Å². The van der Waals surface area contributed by atoms with Crippen molar-refractivity contribution in [3.63, 3.8) is 0 Å². The largest absolute Gasteiger partial charge is 0.390 e. The molecule has 1 aromatic carbocycles. The van der Waals surface area contributed by atoms with Gasteiger partial charge in [-0.2, -0.15) is 0 Å². The van der Waals surface area contributed by atoms with Gasteiger partial charge in [-0.15, -0.1) is 0 Å². The Balaban J connectivity index is 1.91. The first kappa shape index (κ1) is 14.0. The molecule has 1 amide bonds. The summed E-state index contributed by atoms with van der Waals surface area (Å²) in [4.78, 5) is 13.8. The predicted octanol–water partition coefficient (Wildman–Crippen LogP) is 1.16. The molecule has 1 fully saturated rings. The molecule has 2 N–H and O–H groups in total. The van der Waals surface area contributed by atoms with E-state index in [-0.39, 0.29) is 18.1 Å². The van der Waals surface area contributed by atoms with Gasteiger partial charge in [0.05, 0.1) is 18.7 Å². The van der Waals surface area contributed by atoms with Gasteiger partial charge in [0, 0.05) is 13.1 Å². The Kier molecular flexibility index (Phi) is 4.22. The molecule has 0 saturated carbocycles. The van der Waals surface area contributed by atoms with Gasteiger partial charge in [-0.25, -0.2) is 0 Å². The van der Waals surface area contributed by atoms with E-state index in [9.17, 15) is 9.90 Å². The number of nitrogens with one attached hydrogen (secondary N) is 1. The van der Waals surface area contributed by atoms with Crippen LogP contribution in [0.1, 0.15) is 29.7 Å². The first-order valence-electron chi connectivity index (χ1n) is 6.72. The lowest BCUT2D eigenvalue weighted by Gasteiger charge is -2.35. The van der Waals surface area contributed by atoms with E-state index in [2.05, 4.69) is 37.4 Å². The van der Waals surface area contributed by atoms with Crippen molar-refractivity contribution < 1.29 is 9.90 Å². The molecule has 0 spiro atoms. The molecule has 4 nitrogen and oxygen atoms in total. The number of hydrogen-bond acceptors (Lipinski definition) is 3. The standard InChI is InChI=1S/C15H22N2O2/c1-10-4-5-11(2)14(6-10)12(3)16-15(19)9-17-7-13(18)8-17/h4-6,12-13,18H,7-9H2,1-3H3,(H,16,19)/t12-/m0/s1. The van der Waals surface area contributed by atoms with Crippen molar-refractivity contribution in [1.29, 1.82) is 0 Å². The van der Waals surface area contributed by atoms with Crippen molar-refractivity contribution in [1.82, 2.24) is 10.2 Å². The minimum Gasteiger partial charge on any atom is -0.390 e. The van der Waals surface area contributed by atoms with E-state index in [4.69, 9.17) is 0 Å². The zero-order chi connectivity index (χ0) is 14.0. The van der Waals surface area contributed by atoms with Crippen molar-refractivity contribution in [3.05, 3.63) is 34.9 Å². The molecule has 1 saturated heterocycles. The predicted molar refractivity (Wildman–Crippen MR) is 74.9 cm³/mol. The summed E-state index contributed by atoms with van der Waals surface area (Å²) in [5.74, 6) is 0.0142. The second-order valence-corrected chi connectivity index (χ2v) is 5.50. The third-order valence-corrected chi connectivity index (χ3v) is 3.58. The molecule has 0 radical (unpaired) electrons. The highest BCUT2D eigenvalue weighted by molar-refractivity contribution is 5.78. The summed E-state index contributed by atoms with van der Waals surface area (Å²) in [6.45, 7) is 7.69. The molecule has 1 atom stereocenters. The second kappa shape index (κ2) is 5.72. The summed E-state index contributed by atoms with van der Waals surface area (Å²) < 4.78 is 0. The van der Waals surface area contributed by atoms with Crippen LogP contribution in [-0.2, 0) is 4.79 Å². The number of aryl methyl sites for hydroxylation is 2. The number of likely N-dealkylation sites (tertiary alicyclic amines) is 1. The summed E-state index contributed by atoms with van der Waals surface area (Å²) in [5, 5.41) is 12.2. The van der Waals surface area contributed by atoms with Crippen molar-refractivity contribution in [3.8, 4) is 0 Å². The van der Waals surface area contributed by atoms with Gasteiger partial charge in [0.15, 0.2) is 0 Å². The van der Waals surface area contributed by atoms with Crippen LogP contribution in [-0.4, -0.2) is 41.7 Å². The lowest BCUT2D eigenvalue weighted by Crippen LogP contribution is -2.54. The maximum atomic E-state index is 11.9. The van der Waals surface area contributed by atoms with E-state index in [1.165, 1.54) is 11.1 Å². The molecule has 0 aromatic heterocycles. The fraction of sp³-hybridized carbons (Fsp3) is 0.533. The molecule has 1 aliphatic heterocycles. The quantitative estimate of drug-likeness (QED) is 0.856. The first-order chi connectivity index (χ1) is 8.95. The smallest absolute Gasteiger partial charge is 0.234 e. The molecule has 19 heavy (non-hydrogen) atoms. The van der Waals surface area contributed by atoms with E-state index in [0.717, 1.165) is 5.56 Å². The van der Waals surface area contributed by atoms with Crippen LogP contribution in [0.3, 0.4) is 0 Å². The van der Waals surface area contributed by atoms with Crippen LogP contribution in [0.4, 0.5) is 0 Å². The molecule has 0 aliphatic carbocycles. The van der Waals surface area contributed by atoms with Crippen molar-refractivity contribution in [2.45, 2.75) is 32.9 Å². The van der Waals surface area contributed by atoms with E-state index in [0.29, 0.717) is 19.6 Å². The Bertz CT molecular complexity index is 467. The van der Waals surface area contributed by atoms with Crippen LogP contribution < -0.4 is 5.32 Å². The number of carbonyl (C=O) groups is 1. The van der Waals surface area contributed by atoms with Gasteiger partial charge < -0.3 is 10.4 Å². The molecule has 1 aliphatic rings. The average molecular weight is 262 g/mol. The minimum atomic E-state index is -0.260. The Labute approximate surface area is 114 Å². The molecule has 104 valence electrons. The average Bonchev–Trinajstić information content (AvgIpc) is 2.30. The van der Waals surface area contributed by atoms with E-state index < -0.39 is 0 Å². The highest BCUT2D eigenvalue weighted by Crippen LogP contribution is 2.19. The maximum Gasteiger partial charge on any atom is 0.234 e. The van der Waals surface area contributed by atoms with Crippen LogP contribution in [0.15, 0.2) is 18.2 Å². The molecule has 1 heterocycles. The zero-order valence-electron chi connectivity index (χ0n) is 11.8. The van der Waals surface area contributed by atoms with Gasteiger partial charge in [-0.1, -0.05) is 23.8 Å². The Morgan fingerprint density at radius 1 is 1.47 bits per heavy atom. The number of benzene rings is 1. The van der Waals surface area contributed by atoms with Crippen LogP contribution in [0.25, 0.3) is 0 Å². The highest BCUT2D eigenvalue weighted by Gasteiger charge is 2.26. The monoisotopic (exact) mass is 262 g/mol. The van der Waals surface area contributed by atoms with E-state index in [1.54, 1.807) is 0 Å². The Morgan fingerprint density at radius 2 is 2.16 bits per heavy atom. The molecule has 1 aromatic rings. The van der Waals surface area contributed by atoms with Gasteiger partial charge in [-0.3, -0.25) is 9.69 Å². The number of aliphatic hydroxyl groups excluding tert-OH is 1. The number of β-amino-alcohol motifs (C(OH)–C–C–N with tert-alkyl or cyclic N) is 1. The van der Waals surface area contributed by atoms with E-state index >= 15 is 0 Å². The van der Waals surface area contributed by atoms with Gasteiger partial charge in [0.1, 0.15) is 0 Å². The number of amides is 1. The molecule has 0 bridgehead atoms. The summed E-state index contributed by atoms with van der Waals surface area (Å²) >= 11 is 0. The van der Waals surface area contributed by atoms with Gasteiger partial charge in [0.25, 0.3) is 0 Å². The Hall–Kier alpha value is -1.39. The maximum absolute atomic E-state index is 11.9. The van der Waals surface area contributed by atoms with Crippen molar-refractivity contribution in [2.75, 3.05) is 19.6 Å². The van der Waals surface area contributed by atoms with Crippen molar-refractivity contribution in [2.24, 2.45) is 0 Å². The van der Waals surface area contributed by atoms with Gasteiger partial charge in [-0.05, 0) is 31.9 Å². The normalized spacial score (nSPS) is 17.9. The van der Waals surface area contributed by atoms with Crippen LogP contribution in [0, 0.1) is 13.8 Å². The summed E-state index contributed by atoms with van der Waals surface area (Å²) in [7, 11) is 0. The number of rotatable bonds is 4. The molecular formula is C15H22N2O2. The SMILES string of the molecule is Cc1ccc(C)c([C@H](C)NC(=O)CN2CC(O)C2)c1. The summed E-state index contributed by atoms with van der Waals surface area (Å²) in [6.07, 6.45) is -0.260. The van der Waals surface area contributed by atoms with Crippen LogP contribution >= 0.6 is 0 Å². The highest BCUT2D eigenvalue weighted by atomic mass is 16.3. The first-order valence-corrected chi connectivity index (χ1v) is 6.72. The number of aliphatic hydroxyl groups is 1. The number of nitrogens with zero attached hydrogens (tertiary/aromatic N) is 1. The lowest BCUT2D eigenvalue weighted by atomic mass is 10.00. The third-order valence-electron chi connectivity index (χ3n) is 3.58. The molecule has 0 unspecified atom stereocenters. The fourth-order valence-corrected chi connectivity index (χ4v) is 2.47. The topological polar surface area (TPSA) is 52.6 Å². The fourth-order valence-electron chi connectivity index (χ4n) is 2.47. The summed E-state index contributed by atoms with van der Waals surface area (Å²) in [6, 6.07) is 6.29. The van der Waals surface area contributed by atoms with Crippen LogP contribution in [0.2, 0.25) is 0 Å². The number of carbonyl (C=O) groups excluding carboxylic acids is 1. The molecule has 2 rings (SSSR count). The number of hydrogen-bond donors (Lipinski definition) is 2. The van der Waals surface area contributed by atoms with Gasteiger partial charge >= 0.3 is 0 Å². The third kappa shape index (κ3) is 3.55.